The van der Waals surface area contributed by atoms with E-state index in [1.807, 2.05) is 0 Å². The van der Waals surface area contributed by atoms with E-state index < -0.39 is 0 Å². The summed E-state index contributed by atoms with van der Waals surface area (Å²) in [6.45, 7) is 5.82. The summed E-state index contributed by atoms with van der Waals surface area (Å²) in [7, 11) is 0. The number of allylic oxidation sites excluding steroid dienone is 1. The maximum atomic E-state index is 11.1. The molecule has 1 saturated carbocycles. The summed E-state index contributed by atoms with van der Waals surface area (Å²) < 4.78 is 0. The second-order valence-electron chi connectivity index (χ2n) is 4.54. The molecule has 1 nitrogen and oxygen atoms in total. The number of ketones is 1. The van der Waals surface area contributed by atoms with Gasteiger partial charge in [-0.15, -0.1) is 0 Å². The van der Waals surface area contributed by atoms with Crippen molar-refractivity contribution >= 4 is 5.78 Å². The van der Waals surface area contributed by atoms with Crippen molar-refractivity contribution in [3.63, 3.8) is 0 Å². The van der Waals surface area contributed by atoms with E-state index in [1.165, 1.54) is 38.2 Å². The lowest BCUT2D eigenvalue weighted by Gasteiger charge is -2.33. The second-order valence-corrected chi connectivity index (χ2v) is 4.54. The van der Waals surface area contributed by atoms with Crippen molar-refractivity contribution in [1.29, 1.82) is 0 Å². The Morgan fingerprint density at radius 2 is 2.00 bits per heavy atom. The molecule has 0 aliphatic heterocycles. The first-order chi connectivity index (χ1) is 6.16. The Balaban J connectivity index is 2.32. The van der Waals surface area contributed by atoms with Crippen LogP contribution in [-0.2, 0) is 4.79 Å². The Labute approximate surface area is 81.2 Å². The van der Waals surface area contributed by atoms with Crippen LogP contribution in [0.3, 0.4) is 0 Å². The molecule has 1 aliphatic carbocycles. The highest BCUT2D eigenvalue weighted by Gasteiger charge is 2.26. The molecule has 1 aliphatic rings. The number of hydrogen-bond donors (Lipinski definition) is 0. The van der Waals surface area contributed by atoms with Crippen molar-refractivity contribution in [2.45, 2.75) is 51.9 Å². The first-order valence-electron chi connectivity index (χ1n) is 5.32. The zero-order valence-electron chi connectivity index (χ0n) is 8.64. The van der Waals surface area contributed by atoms with Crippen LogP contribution in [0.2, 0.25) is 0 Å². The third-order valence-electron chi connectivity index (χ3n) is 3.26. The van der Waals surface area contributed by atoms with Gasteiger partial charge in [0.05, 0.1) is 0 Å². The third-order valence-corrected chi connectivity index (χ3v) is 3.26. The molecule has 0 spiro atoms. The van der Waals surface area contributed by atoms with Crippen LogP contribution in [0.5, 0.6) is 0 Å². The molecule has 0 N–H and O–H groups in total. The van der Waals surface area contributed by atoms with Crippen LogP contribution in [0.25, 0.3) is 0 Å². The van der Waals surface area contributed by atoms with Crippen molar-refractivity contribution in [3.8, 4) is 0 Å². The zero-order valence-corrected chi connectivity index (χ0v) is 8.64. The SMILES string of the molecule is C=CC(=O)CCC1(C)CCCCC1. The van der Waals surface area contributed by atoms with Crippen molar-refractivity contribution < 1.29 is 4.79 Å². The molecule has 0 heterocycles. The molecule has 0 bridgehead atoms. The van der Waals surface area contributed by atoms with Gasteiger partial charge in [-0.1, -0.05) is 32.8 Å². The van der Waals surface area contributed by atoms with Crippen LogP contribution < -0.4 is 0 Å². The lowest BCUT2D eigenvalue weighted by atomic mass is 9.72. The van der Waals surface area contributed by atoms with Gasteiger partial charge < -0.3 is 0 Å². The van der Waals surface area contributed by atoms with Gasteiger partial charge in [0.1, 0.15) is 0 Å². The van der Waals surface area contributed by atoms with E-state index in [0.29, 0.717) is 11.8 Å². The molecule has 13 heavy (non-hydrogen) atoms. The molecule has 0 atom stereocenters. The average Bonchev–Trinajstić information content (AvgIpc) is 2.15. The molecule has 74 valence electrons. The van der Waals surface area contributed by atoms with E-state index >= 15 is 0 Å². The van der Waals surface area contributed by atoms with Crippen molar-refractivity contribution in [2.24, 2.45) is 5.41 Å². The summed E-state index contributed by atoms with van der Waals surface area (Å²) >= 11 is 0. The number of hydrogen-bond acceptors (Lipinski definition) is 1. The standard InChI is InChI=1S/C12H20O/c1-3-11(13)7-10-12(2)8-5-4-6-9-12/h3H,1,4-10H2,2H3. The smallest absolute Gasteiger partial charge is 0.155 e. The molecule has 0 radical (unpaired) electrons. The molecule has 0 aromatic carbocycles. The van der Waals surface area contributed by atoms with Crippen LogP contribution in [0.1, 0.15) is 51.9 Å². The highest BCUT2D eigenvalue weighted by atomic mass is 16.1. The van der Waals surface area contributed by atoms with Crippen LogP contribution >= 0.6 is 0 Å². The van der Waals surface area contributed by atoms with Crippen molar-refractivity contribution in [2.75, 3.05) is 0 Å². The molecular formula is C12H20O. The van der Waals surface area contributed by atoms with Crippen LogP contribution in [0, 0.1) is 5.41 Å². The minimum Gasteiger partial charge on any atom is -0.295 e. The number of rotatable bonds is 4. The Hall–Kier alpha value is -0.590. The van der Waals surface area contributed by atoms with Crippen LogP contribution in [0.15, 0.2) is 12.7 Å². The highest BCUT2D eigenvalue weighted by molar-refractivity contribution is 5.88. The monoisotopic (exact) mass is 180 g/mol. The Kier molecular flexibility index (Phi) is 3.71. The predicted octanol–water partition coefficient (Wildman–Crippen LogP) is 3.49. The van der Waals surface area contributed by atoms with Gasteiger partial charge in [-0.25, -0.2) is 0 Å². The largest absolute Gasteiger partial charge is 0.295 e. The van der Waals surface area contributed by atoms with Gasteiger partial charge in [-0.05, 0) is 30.8 Å². The molecule has 0 saturated heterocycles. The van der Waals surface area contributed by atoms with Gasteiger partial charge in [0.15, 0.2) is 5.78 Å². The van der Waals surface area contributed by atoms with E-state index in [-0.39, 0.29) is 5.78 Å². The lowest BCUT2D eigenvalue weighted by molar-refractivity contribution is -0.115. The molecule has 0 aromatic rings. The fraction of sp³-hybridized carbons (Fsp3) is 0.750. The van der Waals surface area contributed by atoms with Crippen molar-refractivity contribution in [3.05, 3.63) is 12.7 Å². The Bertz CT molecular complexity index is 187. The third kappa shape index (κ3) is 3.33. The predicted molar refractivity (Wildman–Crippen MR) is 55.6 cm³/mol. The molecule has 1 rings (SSSR count). The topological polar surface area (TPSA) is 17.1 Å². The summed E-state index contributed by atoms with van der Waals surface area (Å²) in [6.07, 6.45) is 9.88. The lowest BCUT2D eigenvalue weighted by Crippen LogP contribution is -2.20. The van der Waals surface area contributed by atoms with Gasteiger partial charge in [-0.3, -0.25) is 4.79 Å². The molecule has 1 fully saturated rings. The Morgan fingerprint density at radius 3 is 2.54 bits per heavy atom. The van der Waals surface area contributed by atoms with E-state index in [2.05, 4.69) is 13.5 Å². The normalized spacial score (nSPS) is 21.0. The zero-order chi connectivity index (χ0) is 9.73. The number of carbonyl (C=O) groups is 1. The Morgan fingerprint density at radius 1 is 1.38 bits per heavy atom. The van der Waals surface area contributed by atoms with Crippen LogP contribution in [0.4, 0.5) is 0 Å². The molecule has 0 aromatic heterocycles. The summed E-state index contributed by atoms with van der Waals surface area (Å²) in [5, 5.41) is 0. The first-order valence-corrected chi connectivity index (χ1v) is 5.32. The van der Waals surface area contributed by atoms with Gasteiger partial charge in [0.25, 0.3) is 0 Å². The van der Waals surface area contributed by atoms with Crippen LogP contribution in [-0.4, -0.2) is 5.78 Å². The van der Waals surface area contributed by atoms with Gasteiger partial charge in [-0.2, -0.15) is 0 Å². The first kappa shape index (κ1) is 10.5. The van der Waals surface area contributed by atoms with E-state index in [1.54, 1.807) is 0 Å². The molecule has 0 unspecified atom stereocenters. The molecule has 1 heteroatoms. The van der Waals surface area contributed by atoms with E-state index in [0.717, 1.165) is 6.42 Å². The fourth-order valence-electron chi connectivity index (χ4n) is 2.18. The van der Waals surface area contributed by atoms with E-state index in [9.17, 15) is 4.79 Å². The summed E-state index contributed by atoms with van der Waals surface area (Å²) in [6, 6.07) is 0. The minimum atomic E-state index is 0.201. The fourth-order valence-corrected chi connectivity index (χ4v) is 2.18. The van der Waals surface area contributed by atoms with Gasteiger partial charge in [0, 0.05) is 6.42 Å². The van der Waals surface area contributed by atoms with E-state index in [4.69, 9.17) is 0 Å². The summed E-state index contributed by atoms with van der Waals surface area (Å²) in [5.41, 5.74) is 0.441. The molecular weight excluding hydrogens is 160 g/mol. The quantitative estimate of drug-likeness (QED) is 0.605. The van der Waals surface area contributed by atoms with Crippen molar-refractivity contribution in [1.82, 2.24) is 0 Å². The highest BCUT2D eigenvalue weighted by Crippen LogP contribution is 2.39. The maximum Gasteiger partial charge on any atom is 0.155 e. The second kappa shape index (κ2) is 4.59. The maximum absolute atomic E-state index is 11.1. The average molecular weight is 180 g/mol. The number of carbonyl (C=O) groups excluding carboxylic acids is 1. The minimum absolute atomic E-state index is 0.201. The molecule has 0 amide bonds. The summed E-state index contributed by atoms with van der Waals surface area (Å²) in [4.78, 5) is 11.1. The van der Waals surface area contributed by atoms with Gasteiger partial charge >= 0.3 is 0 Å². The summed E-state index contributed by atoms with van der Waals surface area (Å²) in [5.74, 6) is 0.201. The van der Waals surface area contributed by atoms with Gasteiger partial charge in [0.2, 0.25) is 0 Å².